The number of fused-ring (bicyclic) bond motifs is 5. The topological polar surface area (TPSA) is 17.0 Å². The van der Waals surface area contributed by atoms with Crippen molar-refractivity contribution < 1.29 is 0 Å². The van der Waals surface area contributed by atoms with Gasteiger partial charge in [0.25, 0.3) is 0 Å². The molecule has 0 aliphatic rings. The van der Waals surface area contributed by atoms with E-state index in [9.17, 15) is 0 Å². The Morgan fingerprint density at radius 1 is 0.444 bits per heavy atom. The van der Waals surface area contributed by atoms with E-state index in [1.54, 1.807) is 0 Å². The van der Waals surface area contributed by atoms with Crippen LogP contribution in [-0.2, 0) is 0 Å². The van der Waals surface area contributed by atoms with Gasteiger partial charge in [-0.3, -0.25) is 0 Å². The van der Waals surface area contributed by atoms with Gasteiger partial charge in [-0.15, -0.1) is 0 Å². The van der Waals surface area contributed by atoms with E-state index < -0.39 is 0 Å². The average Bonchev–Trinajstić information content (AvgIpc) is 3.28. The molecule has 0 saturated heterocycles. The van der Waals surface area contributed by atoms with Crippen LogP contribution >= 0.6 is 0 Å². The zero-order valence-corrected chi connectivity index (χ0v) is 19.7. The summed E-state index contributed by atoms with van der Waals surface area (Å²) < 4.78 is 2.40. The molecule has 0 atom stereocenters. The zero-order chi connectivity index (χ0) is 23.9. The van der Waals surface area contributed by atoms with Gasteiger partial charge in [-0.2, -0.15) is 0 Å². The molecule has 0 amide bonds. The Balaban J connectivity index is 1.41. The Morgan fingerprint density at radius 2 is 1.14 bits per heavy atom. The number of rotatable bonds is 4. The van der Waals surface area contributed by atoms with Crippen LogP contribution in [0.25, 0.3) is 49.4 Å². The van der Waals surface area contributed by atoms with E-state index in [1.165, 1.54) is 43.7 Å². The first-order valence-corrected chi connectivity index (χ1v) is 12.3. The molecule has 0 aliphatic carbocycles. The molecule has 1 N–H and O–H groups in total. The van der Waals surface area contributed by atoms with Gasteiger partial charge in [0.05, 0.1) is 11.0 Å². The maximum atomic E-state index is 3.65. The molecule has 2 nitrogen and oxygen atoms in total. The summed E-state index contributed by atoms with van der Waals surface area (Å²) >= 11 is 0. The lowest BCUT2D eigenvalue weighted by atomic mass is 10.0. The number of hydrogen-bond acceptors (Lipinski definition) is 1. The molecular weight excluding hydrogens is 436 g/mol. The fourth-order valence-corrected chi connectivity index (χ4v) is 5.28. The van der Waals surface area contributed by atoms with Crippen molar-refractivity contribution in [2.24, 2.45) is 0 Å². The second kappa shape index (κ2) is 8.44. The number of para-hydroxylation sites is 1. The van der Waals surface area contributed by atoms with E-state index in [2.05, 4.69) is 149 Å². The first-order chi connectivity index (χ1) is 17.8. The van der Waals surface area contributed by atoms with Crippen LogP contribution in [-0.4, -0.2) is 4.57 Å². The van der Waals surface area contributed by atoms with Crippen LogP contribution in [0.15, 0.2) is 140 Å². The van der Waals surface area contributed by atoms with Crippen molar-refractivity contribution in [2.75, 3.05) is 5.32 Å². The van der Waals surface area contributed by atoms with Crippen LogP contribution in [0.5, 0.6) is 0 Å². The first kappa shape index (κ1) is 20.5. The summed E-state index contributed by atoms with van der Waals surface area (Å²) in [7, 11) is 0. The molecule has 2 heteroatoms. The number of hydrogen-bond donors (Lipinski definition) is 1. The summed E-state index contributed by atoms with van der Waals surface area (Å²) in [5.74, 6) is 0. The molecule has 0 bridgehead atoms. The van der Waals surface area contributed by atoms with Gasteiger partial charge in [0.15, 0.2) is 0 Å². The highest BCUT2D eigenvalue weighted by Crippen LogP contribution is 2.38. The molecule has 0 aliphatic heterocycles. The standard InChI is InChI=1S/C34H24N2/c1-3-10-24(11-4-1)26-13-9-14-27(22-26)35-28-19-21-31-32-20-18-25-12-7-8-17-30(25)34(32)36(33(31)23-28)29-15-5-2-6-16-29/h1-23,35H. The quantitative estimate of drug-likeness (QED) is 0.277. The van der Waals surface area contributed by atoms with Crippen molar-refractivity contribution >= 4 is 44.0 Å². The summed E-state index contributed by atoms with van der Waals surface area (Å²) in [5, 5.41) is 8.69. The molecule has 36 heavy (non-hydrogen) atoms. The van der Waals surface area contributed by atoms with Crippen LogP contribution in [0.3, 0.4) is 0 Å². The molecule has 7 rings (SSSR count). The lowest BCUT2D eigenvalue weighted by Gasteiger charge is -2.12. The van der Waals surface area contributed by atoms with Crippen molar-refractivity contribution in [3.63, 3.8) is 0 Å². The van der Waals surface area contributed by atoms with E-state index in [1.807, 2.05) is 0 Å². The molecular formula is C34H24N2. The van der Waals surface area contributed by atoms with Gasteiger partial charge >= 0.3 is 0 Å². The number of aromatic nitrogens is 1. The fourth-order valence-electron chi connectivity index (χ4n) is 5.28. The Hall–Kier alpha value is -4.82. The monoisotopic (exact) mass is 460 g/mol. The minimum atomic E-state index is 1.07. The maximum Gasteiger partial charge on any atom is 0.0619 e. The lowest BCUT2D eigenvalue weighted by molar-refractivity contribution is 1.19. The maximum absolute atomic E-state index is 3.65. The predicted octanol–water partition coefficient (Wildman–Crippen LogP) is 9.35. The summed E-state index contributed by atoms with van der Waals surface area (Å²) in [6.45, 7) is 0. The van der Waals surface area contributed by atoms with Crippen LogP contribution < -0.4 is 5.32 Å². The minimum Gasteiger partial charge on any atom is -0.355 e. The molecule has 1 aromatic heterocycles. The third-order valence-corrected chi connectivity index (χ3v) is 6.93. The van der Waals surface area contributed by atoms with Crippen LogP contribution in [0.2, 0.25) is 0 Å². The Bertz CT molecular complexity index is 1850. The van der Waals surface area contributed by atoms with E-state index >= 15 is 0 Å². The van der Waals surface area contributed by atoms with Gasteiger partial charge in [0, 0.05) is 33.2 Å². The molecule has 0 saturated carbocycles. The molecule has 170 valence electrons. The van der Waals surface area contributed by atoms with Crippen molar-refractivity contribution in [1.29, 1.82) is 0 Å². The molecule has 0 unspecified atom stereocenters. The van der Waals surface area contributed by atoms with Crippen molar-refractivity contribution in [1.82, 2.24) is 4.57 Å². The third kappa shape index (κ3) is 3.43. The number of benzene rings is 6. The summed E-state index contributed by atoms with van der Waals surface area (Å²) in [5.41, 5.74) is 8.16. The second-order valence-corrected chi connectivity index (χ2v) is 9.16. The zero-order valence-electron chi connectivity index (χ0n) is 19.7. The van der Waals surface area contributed by atoms with Gasteiger partial charge in [0.2, 0.25) is 0 Å². The molecule has 6 aromatic carbocycles. The summed E-state index contributed by atoms with van der Waals surface area (Å²) in [6, 6.07) is 49.6. The molecule has 1 heterocycles. The SMILES string of the molecule is c1ccc(-c2cccc(Nc3ccc4c5ccc6ccccc6c5n(-c5ccccc5)c4c3)c2)cc1. The van der Waals surface area contributed by atoms with E-state index in [0.717, 1.165) is 17.1 Å². The van der Waals surface area contributed by atoms with E-state index in [4.69, 9.17) is 0 Å². The molecule has 0 fully saturated rings. The van der Waals surface area contributed by atoms with Crippen LogP contribution in [0.4, 0.5) is 11.4 Å². The molecule has 7 aromatic rings. The van der Waals surface area contributed by atoms with E-state index in [-0.39, 0.29) is 0 Å². The largest absolute Gasteiger partial charge is 0.355 e. The predicted molar refractivity (Wildman–Crippen MR) is 153 cm³/mol. The van der Waals surface area contributed by atoms with Crippen LogP contribution in [0, 0.1) is 0 Å². The van der Waals surface area contributed by atoms with Crippen molar-refractivity contribution in [3.05, 3.63) is 140 Å². The first-order valence-electron chi connectivity index (χ1n) is 12.3. The highest BCUT2D eigenvalue weighted by atomic mass is 15.0. The van der Waals surface area contributed by atoms with Crippen molar-refractivity contribution in [2.45, 2.75) is 0 Å². The van der Waals surface area contributed by atoms with Crippen LogP contribution in [0.1, 0.15) is 0 Å². The van der Waals surface area contributed by atoms with Gasteiger partial charge < -0.3 is 9.88 Å². The molecule has 0 radical (unpaired) electrons. The Labute approximate surface area is 210 Å². The third-order valence-electron chi connectivity index (χ3n) is 6.93. The summed E-state index contributed by atoms with van der Waals surface area (Å²) in [4.78, 5) is 0. The highest BCUT2D eigenvalue weighted by molar-refractivity contribution is 6.19. The van der Waals surface area contributed by atoms with Gasteiger partial charge in [-0.05, 0) is 52.9 Å². The Kier molecular flexibility index (Phi) is 4.82. The smallest absolute Gasteiger partial charge is 0.0619 e. The van der Waals surface area contributed by atoms with E-state index in [0.29, 0.717) is 0 Å². The minimum absolute atomic E-state index is 1.07. The molecule has 0 spiro atoms. The average molecular weight is 461 g/mol. The fraction of sp³-hybridized carbons (Fsp3) is 0. The van der Waals surface area contributed by atoms with Gasteiger partial charge in [0.1, 0.15) is 0 Å². The second-order valence-electron chi connectivity index (χ2n) is 9.16. The number of anilines is 2. The number of nitrogens with one attached hydrogen (secondary N) is 1. The lowest BCUT2D eigenvalue weighted by Crippen LogP contribution is -1.95. The number of nitrogens with zero attached hydrogens (tertiary/aromatic N) is 1. The van der Waals surface area contributed by atoms with Crippen molar-refractivity contribution in [3.8, 4) is 16.8 Å². The highest BCUT2D eigenvalue weighted by Gasteiger charge is 2.15. The van der Waals surface area contributed by atoms with Gasteiger partial charge in [-0.25, -0.2) is 0 Å². The Morgan fingerprint density at radius 3 is 2.00 bits per heavy atom. The van der Waals surface area contributed by atoms with Gasteiger partial charge in [-0.1, -0.05) is 103 Å². The normalized spacial score (nSPS) is 11.3. The summed E-state index contributed by atoms with van der Waals surface area (Å²) in [6.07, 6.45) is 0.